The largest absolute Gasteiger partial charge is 0.379 e. The lowest BCUT2D eigenvalue weighted by Gasteiger charge is -2.34. The molecule has 0 spiro atoms. The van der Waals surface area contributed by atoms with E-state index < -0.39 is 14.9 Å². The third-order valence-electron chi connectivity index (χ3n) is 4.24. The molecule has 2 heterocycles. The number of thiophene rings is 1. The fourth-order valence-corrected chi connectivity index (χ4v) is 4.58. The van der Waals surface area contributed by atoms with Gasteiger partial charge in [0.05, 0.1) is 23.0 Å². The van der Waals surface area contributed by atoms with Crippen molar-refractivity contribution >= 4 is 27.0 Å². The van der Waals surface area contributed by atoms with Gasteiger partial charge in [-0.1, -0.05) is 0 Å². The van der Waals surface area contributed by atoms with E-state index in [0.29, 0.717) is 13.2 Å². The minimum atomic E-state index is -3.75. The van der Waals surface area contributed by atoms with Crippen LogP contribution in [0.3, 0.4) is 0 Å². The molecule has 0 bridgehead atoms. The minimum absolute atomic E-state index is 0.00847. The van der Waals surface area contributed by atoms with Crippen molar-refractivity contribution in [2.24, 2.45) is 0 Å². The van der Waals surface area contributed by atoms with E-state index in [1.54, 1.807) is 11.3 Å². The molecular weight excluding hydrogens is 378 g/mol. The van der Waals surface area contributed by atoms with E-state index in [9.17, 15) is 18.5 Å². The van der Waals surface area contributed by atoms with Crippen molar-refractivity contribution in [3.63, 3.8) is 0 Å². The normalized spacial score (nSPS) is 17.1. The van der Waals surface area contributed by atoms with Gasteiger partial charge < -0.3 is 4.74 Å². The van der Waals surface area contributed by atoms with Crippen LogP contribution in [0.1, 0.15) is 11.6 Å². The highest BCUT2D eigenvalue weighted by Crippen LogP contribution is 2.24. The molecule has 1 N–H and O–H groups in total. The Hall–Kier alpha value is -1.85. The summed E-state index contributed by atoms with van der Waals surface area (Å²) in [6, 6.07) is 6.77. The summed E-state index contributed by atoms with van der Waals surface area (Å²) >= 11 is 1.57. The first kappa shape index (κ1) is 18.9. The lowest BCUT2D eigenvalue weighted by Crippen LogP contribution is -2.43. The number of morpholine rings is 1. The molecular formula is C16H19N3O5S2. The molecule has 0 saturated carbocycles. The number of non-ortho nitro benzene ring substituents is 1. The van der Waals surface area contributed by atoms with Gasteiger partial charge in [0.2, 0.25) is 10.0 Å². The van der Waals surface area contributed by atoms with Crippen molar-refractivity contribution in [1.82, 2.24) is 9.62 Å². The number of hydrogen-bond donors (Lipinski definition) is 1. The summed E-state index contributed by atoms with van der Waals surface area (Å²) in [7, 11) is -3.75. The average molecular weight is 397 g/mol. The first-order valence-electron chi connectivity index (χ1n) is 8.05. The Morgan fingerprint density at radius 1 is 1.23 bits per heavy atom. The summed E-state index contributed by atoms with van der Waals surface area (Å²) in [4.78, 5) is 12.4. The highest BCUT2D eigenvalue weighted by Gasteiger charge is 2.25. The molecule has 1 aliphatic heterocycles. The molecule has 26 heavy (non-hydrogen) atoms. The van der Waals surface area contributed by atoms with Crippen molar-refractivity contribution in [1.29, 1.82) is 0 Å². The lowest BCUT2D eigenvalue weighted by atomic mass is 10.1. The van der Waals surface area contributed by atoms with Crippen LogP contribution in [0.2, 0.25) is 0 Å². The van der Waals surface area contributed by atoms with Crippen molar-refractivity contribution in [3.05, 3.63) is 56.8 Å². The molecule has 8 nitrogen and oxygen atoms in total. The van der Waals surface area contributed by atoms with Gasteiger partial charge in [-0.25, -0.2) is 13.1 Å². The lowest BCUT2D eigenvalue weighted by molar-refractivity contribution is -0.384. The van der Waals surface area contributed by atoms with E-state index in [-0.39, 0.29) is 23.2 Å². The van der Waals surface area contributed by atoms with E-state index in [1.165, 1.54) is 24.3 Å². The van der Waals surface area contributed by atoms with E-state index in [4.69, 9.17) is 4.74 Å². The van der Waals surface area contributed by atoms with Crippen LogP contribution in [-0.2, 0) is 14.8 Å². The predicted octanol–water partition coefficient (Wildman–Crippen LogP) is 2.01. The number of nitrogens with one attached hydrogen (secondary N) is 1. The Labute approximate surface area is 155 Å². The minimum Gasteiger partial charge on any atom is -0.379 e. The summed E-state index contributed by atoms with van der Waals surface area (Å²) in [5, 5.41) is 14.7. The number of rotatable bonds is 7. The molecule has 1 fully saturated rings. The van der Waals surface area contributed by atoms with Gasteiger partial charge in [-0.15, -0.1) is 0 Å². The number of nitro benzene ring substituents is 1. The Balaban J connectivity index is 1.73. The van der Waals surface area contributed by atoms with Gasteiger partial charge >= 0.3 is 0 Å². The van der Waals surface area contributed by atoms with Crippen molar-refractivity contribution in [2.75, 3.05) is 32.8 Å². The number of ether oxygens (including phenoxy) is 1. The maximum Gasteiger partial charge on any atom is 0.269 e. The molecule has 0 amide bonds. The monoisotopic (exact) mass is 397 g/mol. The van der Waals surface area contributed by atoms with Crippen LogP contribution in [0.25, 0.3) is 0 Å². The first-order chi connectivity index (χ1) is 12.5. The average Bonchev–Trinajstić information content (AvgIpc) is 3.17. The first-order valence-corrected chi connectivity index (χ1v) is 10.5. The quantitative estimate of drug-likeness (QED) is 0.566. The zero-order valence-corrected chi connectivity index (χ0v) is 15.5. The topological polar surface area (TPSA) is 102 Å². The third kappa shape index (κ3) is 4.46. The number of benzene rings is 1. The second-order valence-corrected chi connectivity index (χ2v) is 8.37. The molecule has 0 aliphatic carbocycles. The Kier molecular flexibility index (Phi) is 5.99. The van der Waals surface area contributed by atoms with Crippen LogP contribution >= 0.6 is 11.3 Å². The second kappa shape index (κ2) is 8.23. The van der Waals surface area contributed by atoms with Crippen molar-refractivity contribution < 1.29 is 18.1 Å². The number of nitro groups is 1. The van der Waals surface area contributed by atoms with Gasteiger partial charge in [-0.2, -0.15) is 11.3 Å². The van der Waals surface area contributed by atoms with Gasteiger partial charge in [-0.3, -0.25) is 15.0 Å². The van der Waals surface area contributed by atoms with Crippen LogP contribution in [0.4, 0.5) is 5.69 Å². The van der Waals surface area contributed by atoms with E-state index in [2.05, 4.69) is 9.62 Å². The fourth-order valence-electron chi connectivity index (χ4n) is 2.83. The molecule has 0 radical (unpaired) electrons. The molecule has 1 unspecified atom stereocenters. The molecule has 1 aromatic heterocycles. The number of nitrogens with zero attached hydrogens (tertiary/aromatic N) is 2. The maximum absolute atomic E-state index is 12.5. The van der Waals surface area contributed by atoms with Crippen molar-refractivity contribution in [2.45, 2.75) is 10.9 Å². The summed E-state index contributed by atoms with van der Waals surface area (Å²) in [5.74, 6) is 0. The summed E-state index contributed by atoms with van der Waals surface area (Å²) in [6.07, 6.45) is 0. The Morgan fingerprint density at radius 2 is 1.92 bits per heavy atom. The fraction of sp³-hybridized carbons (Fsp3) is 0.375. The molecule has 1 saturated heterocycles. The van der Waals surface area contributed by atoms with Crippen LogP contribution in [0.5, 0.6) is 0 Å². The van der Waals surface area contributed by atoms with Crippen molar-refractivity contribution in [3.8, 4) is 0 Å². The molecule has 140 valence electrons. The molecule has 1 aromatic carbocycles. The standard InChI is InChI=1S/C16H19N3O5S2/c20-19(21)14-1-3-15(4-2-14)26(22,23)17-11-16(13-5-10-25-12-13)18-6-8-24-9-7-18/h1-5,10,12,16-17H,6-9,11H2. The Bertz CT molecular complexity index is 831. The van der Waals surface area contributed by atoms with Gasteiger partial charge in [0.1, 0.15) is 0 Å². The maximum atomic E-state index is 12.5. The number of hydrogen-bond acceptors (Lipinski definition) is 7. The third-order valence-corrected chi connectivity index (χ3v) is 6.38. The molecule has 1 aliphatic rings. The number of sulfonamides is 1. The van der Waals surface area contributed by atoms with Gasteiger partial charge in [0, 0.05) is 37.8 Å². The smallest absolute Gasteiger partial charge is 0.269 e. The summed E-state index contributed by atoms with van der Waals surface area (Å²) in [6.45, 7) is 2.93. The van der Waals surface area contributed by atoms with Gasteiger partial charge in [0.25, 0.3) is 5.69 Å². The van der Waals surface area contributed by atoms with E-state index >= 15 is 0 Å². The van der Waals surface area contributed by atoms with Gasteiger partial charge in [-0.05, 0) is 34.5 Å². The molecule has 1 atom stereocenters. The molecule has 2 aromatic rings. The highest BCUT2D eigenvalue weighted by atomic mass is 32.2. The van der Waals surface area contributed by atoms with Crippen LogP contribution in [-0.4, -0.2) is 51.1 Å². The molecule has 10 heteroatoms. The van der Waals surface area contributed by atoms with Gasteiger partial charge in [0.15, 0.2) is 0 Å². The summed E-state index contributed by atoms with van der Waals surface area (Å²) < 4.78 is 33.1. The zero-order chi connectivity index (χ0) is 18.6. The zero-order valence-electron chi connectivity index (χ0n) is 13.9. The second-order valence-electron chi connectivity index (χ2n) is 5.82. The SMILES string of the molecule is O=[N+]([O-])c1ccc(S(=O)(=O)NCC(c2ccsc2)N2CCOCC2)cc1. The highest BCUT2D eigenvalue weighted by molar-refractivity contribution is 7.89. The molecule has 3 rings (SSSR count). The van der Waals surface area contributed by atoms with Crippen LogP contribution < -0.4 is 4.72 Å². The summed E-state index contributed by atoms with van der Waals surface area (Å²) in [5.41, 5.74) is 0.914. The van der Waals surface area contributed by atoms with E-state index in [0.717, 1.165) is 18.7 Å². The predicted molar refractivity (Wildman–Crippen MR) is 97.7 cm³/mol. The Morgan fingerprint density at radius 3 is 2.50 bits per heavy atom. The van der Waals surface area contributed by atoms with Crippen LogP contribution in [0.15, 0.2) is 46.0 Å². The van der Waals surface area contributed by atoms with E-state index in [1.807, 2.05) is 16.8 Å². The van der Waals surface area contributed by atoms with Crippen LogP contribution in [0, 0.1) is 10.1 Å².